The molecule has 0 radical (unpaired) electrons. The number of nitrogens with one attached hydrogen (secondary N) is 2. The molecule has 108 valence electrons. The number of pyridine rings is 1. The van der Waals surface area contributed by atoms with Crippen LogP contribution in [0, 0.1) is 6.92 Å². The number of aryl methyl sites for hydroxylation is 1. The van der Waals surface area contributed by atoms with E-state index in [0.717, 1.165) is 10.4 Å². The first-order valence-electron chi connectivity index (χ1n) is 5.80. The Morgan fingerprint density at radius 3 is 2.75 bits per heavy atom. The Balaban J connectivity index is 2.18. The molecule has 0 aliphatic carbocycles. The summed E-state index contributed by atoms with van der Waals surface area (Å²) in [6, 6.07) is 3.33. The number of rotatable bonds is 5. The van der Waals surface area contributed by atoms with Crippen LogP contribution in [0.1, 0.15) is 10.4 Å². The maximum atomic E-state index is 12.2. The third kappa shape index (κ3) is 3.29. The van der Waals surface area contributed by atoms with Crippen molar-refractivity contribution in [3.8, 4) is 0 Å². The largest absolute Gasteiger partial charge is 0.372 e. The SMILES string of the molecule is CNc1ncc(S(=O)(=O)NCc2sccc2C)cc1Cl. The van der Waals surface area contributed by atoms with Gasteiger partial charge in [0, 0.05) is 24.7 Å². The summed E-state index contributed by atoms with van der Waals surface area (Å²) in [4.78, 5) is 5.00. The number of hydrogen-bond acceptors (Lipinski definition) is 5. The summed E-state index contributed by atoms with van der Waals surface area (Å²) in [6.07, 6.45) is 1.28. The van der Waals surface area contributed by atoms with Gasteiger partial charge in [0.05, 0.1) is 5.02 Å². The molecule has 2 aromatic rings. The molecule has 0 bridgehead atoms. The highest BCUT2D eigenvalue weighted by Gasteiger charge is 2.16. The molecule has 0 amide bonds. The van der Waals surface area contributed by atoms with Gasteiger partial charge in [0.15, 0.2) is 0 Å². The number of halogens is 1. The second kappa shape index (κ2) is 6.09. The maximum Gasteiger partial charge on any atom is 0.242 e. The second-order valence-electron chi connectivity index (χ2n) is 4.10. The number of nitrogens with zero attached hydrogens (tertiary/aromatic N) is 1. The van der Waals surface area contributed by atoms with Crippen molar-refractivity contribution in [1.82, 2.24) is 9.71 Å². The molecule has 2 aromatic heterocycles. The number of anilines is 1. The molecule has 0 saturated carbocycles. The van der Waals surface area contributed by atoms with Gasteiger partial charge in [-0.3, -0.25) is 0 Å². The lowest BCUT2D eigenvalue weighted by Crippen LogP contribution is -2.23. The maximum absolute atomic E-state index is 12.2. The van der Waals surface area contributed by atoms with E-state index < -0.39 is 10.0 Å². The van der Waals surface area contributed by atoms with E-state index in [1.54, 1.807) is 7.05 Å². The minimum absolute atomic E-state index is 0.0516. The van der Waals surface area contributed by atoms with E-state index in [-0.39, 0.29) is 16.5 Å². The highest BCUT2D eigenvalue weighted by atomic mass is 35.5. The quantitative estimate of drug-likeness (QED) is 0.883. The first-order valence-corrected chi connectivity index (χ1v) is 8.54. The van der Waals surface area contributed by atoms with Crippen molar-refractivity contribution in [2.75, 3.05) is 12.4 Å². The summed E-state index contributed by atoms with van der Waals surface area (Å²) >= 11 is 7.46. The van der Waals surface area contributed by atoms with E-state index in [9.17, 15) is 8.42 Å². The van der Waals surface area contributed by atoms with Crippen molar-refractivity contribution in [2.45, 2.75) is 18.4 Å². The van der Waals surface area contributed by atoms with Gasteiger partial charge in [0.1, 0.15) is 10.7 Å². The van der Waals surface area contributed by atoms with E-state index in [1.807, 2.05) is 18.4 Å². The summed E-state index contributed by atoms with van der Waals surface area (Å²) in [6.45, 7) is 2.21. The van der Waals surface area contributed by atoms with Gasteiger partial charge in [0.2, 0.25) is 10.0 Å². The van der Waals surface area contributed by atoms with Gasteiger partial charge in [-0.1, -0.05) is 11.6 Å². The van der Waals surface area contributed by atoms with Gasteiger partial charge in [-0.2, -0.15) is 0 Å². The molecule has 0 aromatic carbocycles. The average Bonchev–Trinajstić information content (AvgIpc) is 2.82. The Bertz CT molecular complexity index is 713. The van der Waals surface area contributed by atoms with Crippen LogP contribution in [-0.4, -0.2) is 20.4 Å². The molecule has 5 nitrogen and oxygen atoms in total. The van der Waals surface area contributed by atoms with E-state index in [0.29, 0.717) is 5.82 Å². The normalized spacial score (nSPS) is 11.6. The van der Waals surface area contributed by atoms with E-state index in [1.165, 1.54) is 23.6 Å². The lowest BCUT2D eigenvalue weighted by atomic mass is 10.3. The molecule has 0 unspecified atom stereocenters. The van der Waals surface area contributed by atoms with Crippen molar-refractivity contribution in [3.05, 3.63) is 39.2 Å². The molecule has 0 atom stereocenters. The third-order valence-electron chi connectivity index (χ3n) is 2.75. The van der Waals surface area contributed by atoms with Crippen LogP contribution in [0.4, 0.5) is 5.82 Å². The summed E-state index contributed by atoms with van der Waals surface area (Å²) < 4.78 is 26.9. The van der Waals surface area contributed by atoms with Crippen LogP contribution < -0.4 is 10.0 Å². The lowest BCUT2D eigenvalue weighted by Gasteiger charge is -2.08. The van der Waals surface area contributed by atoms with Gasteiger partial charge in [-0.15, -0.1) is 11.3 Å². The van der Waals surface area contributed by atoms with Crippen molar-refractivity contribution in [3.63, 3.8) is 0 Å². The Morgan fingerprint density at radius 1 is 1.45 bits per heavy atom. The fraction of sp³-hybridized carbons (Fsp3) is 0.250. The molecule has 0 aliphatic rings. The highest BCUT2D eigenvalue weighted by Crippen LogP contribution is 2.22. The molecule has 2 rings (SSSR count). The van der Waals surface area contributed by atoms with Crippen LogP contribution in [0.3, 0.4) is 0 Å². The molecule has 20 heavy (non-hydrogen) atoms. The van der Waals surface area contributed by atoms with Gasteiger partial charge in [-0.25, -0.2) is 18.1 Å². The van der Waals surface area contributed by atoms with Crippen LogP contribution >= 0.6 is 22.9 Å². The molecule has 8 heteroatoms. The molecule has 2 heterocycles. The Hall–Kier alpha value is -1.15. The van der Waals surface area contributed by atoms with Crippen LogP contribution in [0.15, 0.2) is 28.6 Å². The smallest absolute Gasteiger partial charge is 0.242 e. The minimum atomic E-state index is -3.62. The highest BCUT2D eigenvalue weighted by molar-refractivity contribution is 7.89. The Morgan fingerprint density at radius 2 is 2.20 bits per heavy atom. The van der Waals surface area contributed by atoms with Crippen LogP contribution in [-0.2, 0) is 16.6 Å². The molecule has 0 saturated heterocycles. The van der Waals surface area contributed by atoms with Crippen molar-refractivity contribution in [2.24, 2.45) is 0 Å². The van der Waals surface area contributed by atoms with Crippen molar-refractivity contribution < 1.29 is 8.42 Å². The van der Waals surface area contributed by atoms with Gasteiger partial charge < -0.3 is 5.32 Å². The molecule has 0 spiro atoms. The third-order valence-corrected chi connectivity index (χ3v) is 5.43. The fourth-order valence-corrected chi connectivity index (χ4v) is 3.81. The lowest BCUT2D eigenvalue weighted by molar-refractivity contribution is 0.581. The number of sulfonamides is 1. The Labute approximate surface area is 127 Å². The average molecular weight is 332 g/mol. The van der Waals surface area contributed by atoms with Crippen LogP contribution in [0.2, 0.25) is 5.02 Å². The van der Waals surface area contributed by atoms with E-state index in [4.69, 9.17) is 11.6 Å². The molecule has 0 fully saturated rings. The van der Waals surface area contributed by atoms with Crippen molar-refractivity contribution >= 4 is 38.8 Å². The van der Waals surface area contributed by atoms with Crippen LogP contribution in [0.25, 0.3) is 0 Å². The molecular formula is C12H14ClN3O2S2. The van der Waals surface area contributed by atoms with E-state index in [2.05, 4.69) is 15.0 Å². The molecule has 2 N–H and O–H groups in total. The van der Waals surface area contributed by atoms with Crippen LogP contribution in [0.5, 0.6) is 0 Å². The first kappa shape index (κ1) is 15.2. The summed E-state index contributed by atoms with van der Waals surface area (Å²) in [5, 5.41) is 4.98. The zero-order valence-corrected chi connectivity index (χ0v) is 13.4. The standard InChI is InChI=1S/C12H14ClN3O2S2/c1-8-3-4-19-11(8)7-16-20(17,18)9-5-10(13)12(14-2)15-6-9/h3-6,16H,7H2,1-2H3,(H,14,15). The van der Waals surface area contributed by atoms with Gasteiger partial charge in [0.25, 0.3) is 0 Å². The predicted molar refractivity (Wildman–Crippen MR) is 81.9 cm³/mol. The number of aromatic nitrogens is 1. The molecule has 0 aliphatic heterocycles. The zero-order chi connectivity index (χ0) is 14.8. The van der Waals surface area contributed by atoms with Gasteiger partial charge >= 0.3 is 0 Å². The first-order chi connectivity index (χ1) is 9.44. The van der Waals surface area contributed by atoms with Gasteiger partial charge in [-0.05, 0) is 30.0 Å². The summed E-state index contributed by atoms with van der Waals surface area (Å²) in [5.74, 6) is 0.444. The number of hydrogen-bond donors (Lipinski definition) is 2. The van der Waals surface area contributed by atoms with Crippen molar-refractivity contribution in [1.29, 1.82) is 0 Å². The monoisotopic (exact) mass is 331 g/mol. The predicted octanol–water partition coefficient (Wildman–Crippen LogP) is 2.63. The second-order valence-corrected chi connectivity index (χ2v) is 7.28. The fourth-order valence-electron chi connectivity index (χ4n) is 1.58. The summed E-state index contributed by atoms with van der Waals surface area (Å²) in [5.41, 5.74) is 1.07. The number of thiophene rings is 1. The topological polar surface area (TPSA) is 71.1 Å². The minimum Gasteiger partial charge on any atom is -0.372 e. The molecular weight excluding hydrogens is 318 g/mol. The summed E-state index contributed by atoms with van der Waals surface area (Å²) in [7, 11) is -1.95. The zero-order valence-electron chi connectivity index (χ0n) is 11.0. The van der Waals surface area contributed by atoms with E-state index >= 15 is 0 Å². The Kier molecular flexibility index (Phi) is 4.64.